The lowest BCUT2D eigenvalue weighted by Crippen LogP contribution is -2.42. The number of methoxy groups -OCH3 is 1. The molecule has 0 saturated heterocycles. The van der Waals surface area contributed by atoms with Crippen molar-refractivity contribution in [3.8, 4) is 5.75 Å². The van der Waals surface area contributed by atoms with Crippen LogP contribution in [-0.2, 0) is 0 Å². The number of hydrogen-bond acceptors (Lipinski definition) is 4. The molecule has 132 valence electrons. The van der Waals surface area contributed by atoms with Crippen molar-refractivity contribution >= 4 is 22.4 Å². The van der Waals surface area contributed by atoms with Gasteiger partial charge in [0.2, 0.25) is 17.3 Å². The van der Waals surface area contributed by atoms with Crippen LogP contribution < -0.4 is 9.30 Å². The molecule has 1 heterocycles. The second-order valence-electron chi connectivity index (χ2n) is 6.11. The van der Waals surface area contributed by atoms with Gasteiger partial charge >= 0.3 is 5.69 Å². The van der Waals surface area contributed by atoms with Gasteiger partial charge in [-0.05, 0) is 30.7 Å². The predicted octanol–water partition coefficient (Wildman–Crippen LogP) is 3.80. The number of rotatable bonds is 5. The highest BCUT2D eigenvalue weighted by Crippen LogP contribution is 2.28. The Morgan fingerprint density at radius 1 is 1.19 bits per heavy atom. The maximum atomic E-state index is 13.0. The van der Waals surface area contributed by atoms with Crippen molar-refractivity contribution in [1.82, 2.24) is 0 Å². The molecule has 3 aromatic rings. The Bertz CT molecular complexity index is 1010. The van der Waals surface area contributed by atoms with Gasteiger partial charge in [0.25, 0.3) is 0 Å². The molecule has 0 aliphatic rings. The molecule has 0 aliphatic heterocycles. The number of ether oxygens (including phenoxy) is 1. The number of aryl methyl sites for hydroxylation is 1. The van der Waals surface area contributed by atoms with Crippen molar-refractivity contribution in [1.29, 1.82) is 0 Å². The highest BCUT2D eigenvalue weighted by molar-refractivity contribution is 5.98. The van der Waals surface area contributed by atoms with Crippen LogP contribution in [0.4, 0.5) is 5.69 Å². The molecule has 0 radical (unpaired) electrons. The van der Waals surface area contributed by atoms with Gasteiger partial charge in [-0.15, -0.1) is 0 Å². The van der Waals surface area contributed by atoms with Crippen molar-refractivity contribution in [2.75, 3.05) is 7.11 Å². The zero-order chi connectivity index (χ0) is 18.8. The van der Waals surface area contributed by atoms with Crippen LogP contribution >= 0.6 is 0 Å². The van der Waals surface area contributed by atoms with E-state index in [1.807, 2.05) is 48.0 Å². The van der Waals surface area contributed by atoms with Crippen LogP contribution in [0.2, 0.25) is 0 Å². The second-order valence-corrected chi connectivity index (χ2v) is 6.11. The molecular formula is C20H19N2O4+. The lowest BCUT2D eigenvalue weighted by atomic mass is 10.0. The largest absolute Gasteiger partial charge is 0.490 e. The monoisotopic (exact) mass is 351 g/mol. The van der Waals surface area contributed by atoms with Gasteiger partial charge in [0.15, 0.2) is 11.9 Å². The molecule has 0 bridgehead atoms. The van der Waals surface area contributed by atoms with Gasteiger partial charge in [-0.1, -0.05) is 12.1 Å². The van der Waals surface area contributed by atoms with Crippen molar-refractivity contribution in [2.45, 2.75) is 19.9 Å². The fourth-order valence-corrected chi connectivity index (χ4v) is 3.09. The van der Waals surface area contributed by atoms with Crippen LogP contribution in [-0.4, -0.2) is 17.8 Å². The summed E-state index contributed by atoms with van der Waals surface area (Å²) in [5.41, 5.74) is 2.12. The molecule has 0 spiro atoms. The third kappa shape index (κ3) is 3.01. The number of nitro benzene ring substituents is 1. The minimum atomic E-state index is -0.547. The standard InChI is InChI=1S/C20H19N2O4/c1-13-10-11-21(17-7-5-4-6-16(13)17)14(2)20(23)15-8-9-19(26-3)18(12-15)22(24)25/h4-12,14H,1-3H3/q+1. The first-order valence-corrected chi connectivity index (χ1v) is 8.20. The number of pyridine rings is 1. The summed E-state index contributed by atoms with van der Waals surface area (Å²) in [6.07, 6.45) is 1.87. The van der Waals surface area contributed by atoms with Crippen LogP contribution in [0.25, 0.3) is 10.9 Å². The van der Waals surface area contributed by atoms with Gasteiger partial charge in [-0.25, -0.2) is 0 Å². The number of carbonyl (C=O) groups is 1. The number of nitrogens with zero attached hydrogens (tertiary/aromatic N) is 2. The smallest absolute Gasteiger partial charge is 0.311 e. The van der Waals surface area contributed by atoms with E-state index in [2.05, 4.69) is 0 Å². The number of aromatic nitrogens is 1. The second kappa shape index (κ2) is 6.92. The Morgan fingerprint density at radius 3 is 2.62 bits per heavy atom. The van der Waals surface area contributed by atoms with E-state index in [0.717, 1.165) is 16.5 Å². The fourth-order valence-electron chi connectivity index (χ4n) is 3.09. The Kier molecular flexibility index (Phi) is 4.67. The summed E-state index contributed by atoms with van der Waals surface area (Å²) >= 11 is 0. The van der Waals surface area contributed by atoms with Gasteiger partial charge < -0.3 is 4.74 Å². The third-order valence-electron chi connectivity index (χ3n) is 4.55. The van der Waals surface area contributed by atoms with Crippen LogP contribution in [0.3, 0.4) is 0 Å². The first kappa shape index (κ1) is 17.5. The molecule has 0 fully saturated rings. The molecule has 26 heavy (non-hydrogen) atoms. The van der Waals surface area contributed by atoms with Crippen LogP contribution in [0.5, 0.6) is 5.75 Å². The average Bonchev–Trinajstić information content (AvgIpc) is 2.67. The van der Waals surface area contributed by atoms with E-state index in [9.17, 15) is 14.9 Å². The number of Topliss-reactive ketones (excluding diaryl/α,β-unsaturated/α-hetero) is 1. The highest BCUT2D eigenvalue weighted by atomic mass is 16.6. The Hall–Kier alpha value is -3.28. The van der Waals surface area contributed by atoms with E-state index >= 15 is 0 Å². The van der Waals surface area contributed by atoms with Gasteiger partial charge in [0.05, 0.1) is 12.0 Å². The van der Waals surface area contributed by atoms with Crippen molar-refractivity contribution < 1.29 is 19.0 Å². The number of para-hydroxylation sites is 1. The van der Waals surface area contributed by atoms with E-state index in [1.165, 1.54) is 19.2 Å². The lowest BCUT2D eigenvalue weighted by Gasteiger charge is -2.10. The molecule has 1 aromatic heterocycles. The summed E-state index contributed by atoms with van der Waals surface area (Å²) in [5.74, 6) is -0.0672. The Labute approximate surface area is 150 Å². The fraction of sp³-hybridized carbons (Fsp3) is 0.200. The first-order chi connectivity index (χ1) is 12.4. The molecule has 1 unspecified atom stereocenters. The van der Waals surface area contributed by atoms with Crippen molar-refractivity contribution in [2.24, 2.45) is 0 Å². The zero-order valence-corrected chi connectivity index (χ0v) is 14.8. The van der Waals surface area contributed by atoms with Crippen LogP contribution in [0, 0.1) is 17.0 Å². The van der Waals surface area contributed by atoms with Gasteiger partial charge in [-0.2, -0.15) is 4.57 Å². The van der Waals surface area contributed by atoms with E-state index in [-0.39, 0.29) is 22.8 Å². The number of nitro groups is 1. The first-order valence-electron chi connectivity index (χ1n) is 8.20. The maximum absolute atomic E-state index is 13.0. The summed E-state index contributed by atoms with van der Waals surface area (Å²) < 4.78 is 6.89. The minimum absolute atomic E-state index is 0.132. The Morgan fingerprint density at radius 2 is 1.92 bits per heavy atom. The number of benzene rings is 2. The summed E-state index contributed by atoms with van der Waals surface area (Å²) in [5, 5.41) is 12.3. The molecular weight excluding hydrogens is 332 g/mol. The number of hydrogen-bond donors (Lipinski definition) is 0. The quantitative estimate of drug-likeness (QED) is 0.303. The minimum Gasteiger partial charge on any atom is -0.490 e. The number of carbonyl (C=O) groups excluding carboxylic acids is 1. The number of ketones is 1. The Balaban J connectivity index is 2.05. The SMILES string of the molecule is COc1ccc(C(=O)C(C)[n+]2ccc(C)c3ccccc32)cc1[N+](=O)[O-]. The summed E-state index contributed by atoms with van der Waals surface area (Å²) in [7, 11) is 1.36. The molecule has 0 saturated carbocycles. The molecule has 6 heteroatoms. The van der Waals surface area contributed by atoms with Gasteiger partial charge in [-0.3, -0.25) is 14.9 Å². The molecule has 0 aliphatic carbocycles. The summed E-state index contributed by atoms with van der Waals surface area (Å²) in [6.45, 7) is 3.81. The van der Waals surface area contributed by atoms with Crippen molar-refractivity contribution in [3.05, 3.63) is 76.0 Å². The maximum Gasteiger partial charge on any atom is 0.311 e. The topological polar surface area (TPSA) is 73.3 Å². The highest BCUT2D eigenvalue weighted by Gasteiger charge is 2.28. The summed E-state index contributed by atoms with van der Waals surface area (Å²) in [6, 6.07) is 13.6. The van der Waals surface area contributed by atoms with E-state index < -0.39 is 11.0 Å². The lowest BCUT2D eigenvalue weighted by molar-refractivity contribution is -0.679. The van der Waals surface area contributed by atoms with Gasteiger partial charge in [0, 0.05) is 36.1 Å². The van der Waals surface area contributed by atoms with Crippen LogP contribution in [0.1, 0.15) is 28.9 Å². The average molecular weight is 351 g/mol. The summed E-state index contributed by atoms with van der Waals surface area (Å²) in [4.78, 5) is 23.6. The molecule has 0 amide bonds. The molecule has 1 atom stereocenters. The number of fused-ring (bicyclic) bond motifs is 1. The molecule has 2 aromatic carbocycles. The van der Waals surface area contributed by atoms with Gasteiger partial charge in [0.1, 0.15) is 0 Å². The normalized spacial score (nSPS) is 12.0. The molecule has 3 rings (SSSR count). The van der Waals surface area contributed by atoms with E-state index in [4.69, 9.17) is 4.74 Å². The zero-order valence-electron chi connectivity index (χ0n) is 14.8. The molecule has 0 N–H and O–H groups in total. The van der Waals surface area contributed by atoms with E-state index in [1.54, 1.807) is 13.0 Å². The molecule has 6 nitrogen and oxygen atoms in total. The van der Waals surface area contributed by atoms with Crippen molar-refractivity contribution in [3.63, 3.8) is 0 Å². The predicted molar refractivity (Wildman–Crippen MR) is 97.6 cm³/mol. The third-order valence-corrected chi connectivity index (χ3v) is 4.55. The van der Waals surface area contributed by atoms with Crippen LogP contribution in [0.15, 0.2) is 54.7 Å². The van der Waals surface area contributed by atoms with E-state index in [0.29, 0.717) is 0 Å².